The van der Waals surface area contributed by atoms with Gasteiger partial charge in [-0.2, -0.15) is 5.10 Å². The van der Waals surface area contributed by atoms with Crippen LogP contribution in [-0.4, -0.2) is 31.3 Å². The van der Waals surface area contributed by atoms with E-state index in [0.29, 0.717) is 24.8 Å². The third-order valence-corrected chi connectivity index (χ3v) is 5.24. The number of nitrogens with zero attached hydrogens (tertiary/aromatic N) is 2. The number of rotatable bonds is 5. The molecule has 22 heavy (non-hydrogen) atoms. The first-order valence-electron chi connectivity index (χ1n) is 6.93. The van der Waals surface area contributed by atoms with Gasteiger partial charge in [0.2, 0.25) is 10.0 Å². The summed E-state index contributed by atoms with van der Waals surface area (Å²) in [5.41, 5.74) is 2.20. The highest BCUT2D eigenvalue weighted by molar-refractivity contribution is 7.89. The van der Waals surface area contributed by atoms with Crippen molar-refractivity contribution in [2.75, 3.05) is 13.2 Å². The number of fused-ring (bicyclic) bond motifs is 1. The van der Waals surface area contributed by atoms with E-state index in [4.69, 9.17) is 16.3 Å². The Morgan fingerprint density at radius 1 is 1.32 bits per heavy atom. The molecule has 1 N–H and O–H groups in total. The fourth-order valence-corrected chi connectivity index (χ4v) is 3.53. The highest BCUT2D eigenvalue weighted by Crippen LogP contribution is 2.16. The summed E-state index contributed by atoms with van der Waals surface area (Å²) in [5.74, 6) is 0. The van der Waals surface area contributed by atoms with Crippen LogP contribution in [0.4, 0.5) is 0 Å². The minimum absolute atomic E-state index is 0.202. The first-order valence-corrected chi connectivity index (χ1v) is 8.79. The van der Waals surface area contributed by atoms with Crippen LogP contribution in [0.15, 0.2) is 35.4 Å². The predicted octanol–water partition coefficient (Wildman–Crippen LogP) is 1.59. The van der Waals surface area contributed by atoms with Crippen LogP contribution in [0.5, 0.6) is 0 Å². The lowest BCUT2D eigenvalue weighted by molar-refractivity contribution is 0.109. The Morgan fingerprint density at radius 2 is 2.09 bits per heavy atom. The molecule has 0 spiro atoms. The summed E-state index contributed by atoms with van der Waals surface area (Å²) < 4.78 is 34.1. The van der Waals surface area contributed by atoms with Gasteiger partial charge in [-0.3, -0.25) is 4.68 Å². The summed E-state index contributed by atoms with van der Waals surface area (Å²) in [6, 6.07) is 6.08. The molecule has 0 saturated carbocycles. The van der Waals surface area contributed by atoms with Crippen molar-refractivity contribution < 1.29 is 13.2 Å². The Balaban J connectivity index is 1.63. The average molecular weight is 342 g/mol. The molecule has 2 heterocycles. The molecule has 0 unspecified atom stereocenters. The largest absolute Gasteiger partial charge is 0.376 e. The number of ether oxygens (including phenoxy) is 1. The molecule has 0 radical (unpaired) electrons. The Labute approximate surface area is 134 Å². The second-order valence-electron chi connectivity index (χ2n) is 4.99. The molecule has 8 heteroatoms. The van der Waals surface area contributed by atoms with Gasteiger partial charge in [0.25, 0.3) is 0 Å². The van der Waals surface area contributed by atoms with Crippen molar-refractivity contribution in [2.24, 2.45) is 0 Å². The quantitative estimate of drug-likeness (QED) is 0.896. The van der Waals surface area contributed by atoms with Crippen molar-refractivity contribution in [2.45, 2.75) is 24.5 Å². The van der Waals surface area contributed by atoms with Crippen LogP contribution >= 0.6 is 11.6 Å². The van der Waals surface area contributed by atoms with Crippen molar-refractivity contribution in [3.05, 3.63) is 46.7 Å². The van der Waals surface area contributed by atoms with Crippen LogP contribution in [0, 0.1) is 0 Å². The van der Waals surface area contributed by atoms with Crippen LogP contribution in [0.2, 0.25) is 5.02 Å². The molecule has 1 aromatic carbocycles. The molecule has 0 fully saturated rings. The first-order chi connectivity index (χ1) is 10.6. The molecule has 118 valence electrons. The lowest BCUT2D eigenvalue weighted by Gasteiger charge is -2.15. The van der Waals surface area contributed by atoms with Gasteiger partial charge >= 0.3 is 0 Å². The molecule has 1 aliphatic heterocycles. The second kappa shape index (κ2) is 6.37. The number of hydrogen-bond donors (Lipinski definition) is 1. The average Bonchev–Trinajstić information content (AvgIpc) is 2.91. The normalized spacial score (nSPS) is 14.8. The summed E-state index contributed by atoms with van der Waals surface area (Å²) in [7, 11) is -3.53. The fraction of sp³-hybridized carbons (Fsp3) is 0.357. The van der Waals surface area contributed by atoms with Crippen molar-refractivity contribution in [3.63, 3.8) is 0 Å². The molecule has 6 nitrogen and oxygen atoms in total. The maximum Gasteiger partial charge on any atom is 0.240 e. The summed E-state index contributed by atoms with van der Waals surface area (Å²) >= 11 is 5.76. The first kappa shape index (κ1) is 15.5. The molecule has 0 aliphatic carbocycles. The third kappa shape index (κ3) is 3.33. The van der Waals surface area contributed by atoms with E-state index < -0.39 is 10.0 Å². The van der Waals surface area contributed by atoms with E-state index in [9.17, 15) is 8.42 Å². The van der Waals surface area contributed by atoms with Gasteiger partial charge in [0, 0.05) is 29.2 Å². The molecular formula is C14H16ClN3O3S. The van der Waals surface area contributed by atoms with Gasteiger partial charge in [-0.05, 0) is 24.3 Å². The van der Waals surface area contributed by atoms with Crippen LogP contribution in [0.3, 0.4) is 0 Å². The zero-order valence-electron chi connectivity index (χ0n) is 11.8. The van der Waals surface area contributed by atoms with Crippen LogP contribution in [0.1, 0.15) is 11.3 Å². The summed E-state index contributed by atoms with van der Waals surface area (Å²) in [4.78, 5) is 0.202. The highest BCUT2D eigenvalue weighted by Gasteiger charge is 2.17. The molecule has 1 aromatic heterocycles. The number of halogens is 1. The Bertz CT molecular complexity index is 756. The summed E-state index contributed by atoms with van der Waals surface area (Å²) in [6.07, 6.45) is 2.58. The summed E-state index contributed by atoms with van der Waals surface area (Å²) in [6.45, 7) is 2.02. The Kier molecular flexibility index (Phi) is 4.49. The molecule has 2 aromatic rings. The molecule has 0 saturated heterocycles. The molecule has 0 atom stereocenters. The Morgan fingerprint density at radius 3 is 2.86 bits per heavy atom. The summed E-state index contributed by atoms with van der Waals surface area (Å²) in [5, 5.41) is 4.79. The van der Waals surface area contributed by atoms with E-state index in [0.717, 1.165) is 17.7 Å². The molecule has 0 bridgehead atoms. The van der Waals surface area contributed by atoms with Crippen molar-refractivity contribution in [1.82, 2.24) is 14.5 Å². The van der Waals surface area contributed by atoms with Crippen LogP contribution in [0.25, 0.3) is 0 Å². The van der Waals surface area contributed by atoms with E-state index in [1.165, 1.54) is 12.1 Å². The van der Waals surface area contributed by atoms with Crippen molar-refractivity contribution >= 4 is 21.6 Å². The zero-order chi connectivity index (χ0) is 15.6. The van der Waals surface area contributed by atoms with E-state index in [1.54, 1.807) is 18.3 Å². The number of nitrogens with one attached hydrogen (secondary N) is 1. The molecular weight excluding hydrogens is 326 g/mol. The van der Waals surface area contributed by atoms with Gasteiger partial charge in [-0.15, -0.1) is 0 Å². The fourth-order valence-electron chi connectivity index (χ4n) is 2.39. The number of aromatic nitrogens is 2. The van der Waals surface area contributed by atoms with E-state index in [1.807, 2.05) is 4.68 Å². The van der Waals surface area contributed by atoms with Gasteiger partial charge in [-0.25, -0.2) is 13.1 Å². The molecule has 3 rings (SSSR count). The highest BCUT2D eigenvalue weighted by atomic mass is 35.5. The lowest BCUT2D eigenvalue weighted by Crippen LogP contribution is -2.28. The van der Waals surface area contributed by atoms with Crippen LogP contribution in [-0.2, 0) is 34.3 Å². The topological polar surface area (TPSA) is 73.2 Å². The van der Waals surface area contributed by atoms with Gasteiger partial charge in [0.15, 0.2) is 0 Å². The van der Waals surface area contributed by atoms with E-state index in [2.05, 4.69) is 9.82 Å². The Hall–Kier alpha value is -1.41. The second-order valence-corrected chi connectivity index (χ2v) is 7.20. The lowest BCUT2D eigenvalue weighted by atomic mass is 10.2. The monoisotopic (exact) mass is 341 g/mol. The van der Waals surface area contributed by atoms with Gasteiger partial charge in [0.1, 0.15) is 0 Å². The number of sulfonamides is 1. The smallest absolute Gasteiger partial charge is 0.240 e. The minimum Gasteiger partial charge on any atom is -0.376 e. The number of hydrogen-bond acceptors (Lipinski definition) is 4. The standard InChI is InChI=1S/C14H16ClN3O3S/c15-12-1-3-13(4-2-12)22(19,20)17-6-7-18-14-5-8-21-10-11(14)9-16-18/h1-4,9,17H,5-8,10H2. The van der Waals surface area contributed by atoms with Crippen molar-refractivity contribution in [3.8, 4) is 0 Å². The van der Waals surface area contributed by atoms with E-state index >= 15 is 0 Å². The van der Waals surface area contributed by atoms with Gasteiger partial charge < -0.3 is 4.74 Å². The molecule has 0 amide bonds. The minimum atomic E-state index is -3.53. The van der Waals surface area contributed by atoms with Gasteiger partial charge in [0.05, 0.1) is 30.9 Å². The van der Waals surface area contributed by atoms with E-state index in [-0.39, 0.29) is 11.4 Å². The van der Waals surface area contributed by atoms with Gasteiger partial charge in [-0.1, -0.05) is 11.6 Å². The van der Waals surface area contributed by atoms with Crippen LogP contribution < -0.4 is 4.72 Å². The third-order valence-electron chi connectivity index (χ3n) is 3.52. The zero-order valence-corrected chi connectivity index (χ0v) is 13.4. The maximum atomic E-state index is 12.2. The predicted molar refractivity (Wildman–Crippen MR) is 82.2 cm³/mol. The van der Waals surface area contributed by atoms with Crippen molar-refractivity contribution in [1.29, 1.82) is 0 Å². The maximum absolute atomic E-state index is 12.2. The molecule has 1 aliphatic rings. The number of benzene rings is 1. The SMILES string of the molecule is O=S(=O)(NCCn1ncc2c1CCOC2)c1ccc(Cl)cc1.